The quantitative estimate of drug-likeness (QED) is 0.810. The lowest BCUT2D eigenvalue weighted by Gasteiger charge is -2.46. The molecule has 2 N–H and O–H groups in total. The van der Waals surface area contributed by atoms with Crippen molar-refractivity contribution in [3.05, 3.63) is 0 Å². The van der Waals surface area contributed by atoms with Crippen LogP contribution in [0.15, 0.2) is 4.99 Å². The van der Waals surface area contributed by atoms with Crippen LogP contribution in [0.4, 0.5) is 0 Å². The number of hydrogen-bond donors (Lipinski definition) is 2. The van der Waals surface area contributed by atoms with Gasteiger partial charge in [-0.3, -0.25) is 4.79 Å². The third-order valence-electron chi connectivity index (χ3n) is 3.82. The lowest BCUT2D eigenvalue weighted by Crippen LogP contribution is -2.62. The maximum atomic E-state index is 11.8. The Bertz CT molecular complexity index is 411. The van der Waals surface area contributed by atoms with Gasteiger partial charge in [0.05, 0.1) is 0 Å². The predicted molar refractivity (Wildman–Crippen MR) is 79.6 cm³/mol. The number of carbonyl (C=O) groups is 1. The van der Waals surface area contributed by atoms with Gasteiger partial charge in [-0.25, -0.2) is 0 Å². The fourth-order valence-electron chi connectivity index (χ4n) is 3.45. The van der Waals surface area contributed by atoms with Crippen molar-refractivity contribution in [1.29, 1.82) is 0 Å². The van der Waals surface area contributed by atoms with E-state index in [1.807, 2.05) is 13.8 Å². The first-order valence-electron chi connectivity index (χ1n) is 7.43. The molecule has 1 atom stereocenters. The summed E-state index contributed by atoms with van der Waals surface area (Å²) >= 11 is 0. The smallest absolute Gasteiger partial charge is 0.293 e. The minimum absolute atomic E-state index is 0.0556. The summed E-state index contributed by atoms with van der Waals surface area (Å²) in [6.07, 6.45) is 1.51. The first-order chi connectivity index (χ1) is 9.08. The number of carbonyl (C=O) groups excluding carboxylic acids is 1. The van der Waals surface area contributed by atoms with Crippen LogP contribution in [-0.2, 0) is 9.53 Å². The Morgan fingerprint density at radius 1 is 1.25 bits per heavy atom. The van der Waals surface area contributed by atoms with Crippen molar-refractivity contribution in [2.24, 2.45) is 10.9 Å². The summed E-state index contributed by atoms with van der Waals surface area (Å²) in [6.45, 7) is 12.7. The molecule has 0 aromatic heterocycles. The Morgan fingerprint density at radius 2 is 1.80 bits per heavy atom. The molecule has 0 radical (unpaired) electrons. The Morgan fingerprint density at radius 3 is 2.25 bits per heavy atom. The first kappa shape index (κ1) is 15.3. The van der Waals surface area contributed by atoms with Gasteiger partial charge in [-0.15, -0.1) is 0 Å². The Balaban J connectivity index is 2.01. The molecule has 0 spiro atoms. The van der Waals surface area contributed by atoms with Crippen LogP contribution in [0.25, 0.3) is 0 Å². The Kier molecular flexibility index (Phi) is 3.84. The van der Waals surface area contributed by atoms with Gasteiger partial charge in [-0.05, 0) is 46.5 Å². The lowest BCUT2D eigenvalue weighted by molar-refractivity contribution is -0.124. The summed E-state index contributed by atoms with van der Waals surface area (Å²) in [5, 5.41) is 6.95. The average Bonchev–Trinajstić information content (AvgIpc) is 2.54. The van der Waals surface area contributed by atoms with Crippen molar-refractivity contribution < 1.29 is 9.53 Å². The summed E-state index contributed by atoms with van der Waals surface area (Å²) < 4.78 is 5.64. The van der Waals surface area contributed by atoms with E-state index in [-0.39, 0.29) is 28.9 Å². The number of piperidine rings is 1. The molecule has 5 nitrogen and oxygen atoms in total. The second-order valence-electron chi connectivity index (χ2n) is 7.68. The molecule has 0 aromatic carbocycles. The maximum Gasteiger partial charge on any atom is 0.293 e. The zero-order valence-electron chi connectivity index (χ0n) is 13.4. The van der Waals surface area contributed by atoms with Crippen LogP contribution in [0.1, 0.15) is 54.4 Å². The second kappa shape index (κ2) is 5.02. The average molecular weight is 281 g/mol. The molecule has 1 saturated heterocycles. The highest BCUT2D eigenvalue weighted by Gasteiger charge is 2.39. The maximum absolute atomic E-state index is 11.8. The molecule has 1 unspecified atom stereocenters. The van der Waals surface area contributed by atoms with Gasteiger partial charge in [0, 0.05) is 17.1 Å². The highest BCUT2D eigenvalue weighted by Crippen LogP contribution is 2.29. The number of ether oxygens (including phenoxy) is 1. The normalized spacial score (nSPS) is 29.2. The number of aliphatic imine (C=N–C) groups is 1. The van der Waals surface area contributed by atoms with Crippen molar-refractivity contribution >= 4 is 11.9 Å². The Labute approximate surface area is 121 Å². The number of nitrogens with zero attached hydrogens (tertiary/aromatic N) is 1. The first-order valence-corrected chi connectivity index (χ1v) is 7.43. The van der Waals surface area contributed by atoms with E-state index in [9.17, 15) is 4.79 Å². The highest BCUT2D eigenvalue weighted by molar-refractivity contribution is 5.98. The molecular formula is C15H27N3O2. The van der Waals surface area contributed by atoms with E-state index in [0.29, 0.717) is 6.02 Å². The monoisotopic (exact) mass is 281 g/mol. The molecule has 0 aliphatic carbocycles. The van der Waals surface area contributed by atoms with E-state index in [4.69, 9.17) is 4.74 Å². The van der Waals surface area contributed by atoms with Crippen molar-refractivity contribution in [2.75, 3.05) is 0 Å². The molecule has 114 valence electrons. The van der Waals surface area contributed by atoms with Gasteiger partial charge in [-0.2, -0.15) is 4.99 Å². The topological polar surface area (TPSA) is 62.7 Å². The molecule has 1 amide bonds. The standard InChI is InChI=1S/C15H27N3O2/c1-9(2)11-12(19)17-13(20-11)16-10-7-14(3,4)18-15(5,6)8-10/h9-11,18H,7-8H2,1-6H3,(H,16,17,19). The summed E-state index contributed by atoms with van der Waals surface area (Å²) in [5.41, 5.74) is 0.111. The van der Waals surface area contributed by atoms with Crippen molar-refractivity contribution in [2.45, 2.75) is 77.6 Å². The van der Waals surface area contributed by atoms with Gasteiger partial charge in [0.15, 0.2) is 6.10 Å². The van der Waals surface area contributed by atoms with E-state index in [1.54, 1.807) is 0 Å². The van der Waals surface area contributed by atoms with Crippen molar-refractivity contribution in [3.63, 3.8) is 0 Å². The van der Waals surface area contributed by atoms with E-state index in [2.05, 4.69) is 43.3 Å². The lowest BCUT2D eigenvalue weighted by atomic mass is 9.80. The van der Waals surface area contributed by atoms with Crippen LogP contribution in [0.5, 0.6) is 0 Å². The second-order valence-corrected chi connectivity index (χ2v) is 7.68. The zero-order chi connectivity index (χ0) is 15.1. The van der Waals surface area contributed by atoms with E-state index < -0.39 is 6.10 Å². The van der Waals surface area contributed by atoms with Crippen molar-refractivity contribution in [1.82, 2.24) is 10.6 Å². The van der Waals surface area contributed by atoms with Gasteiger partial charge >= 0.3 is 0 Å². The minimum Gasteiger partial charge on any atom is -0.451 e. The molecular weight excluding hydrogens is 254 g/mol. The predicted octanol–water partition coefficient (Wildman–Crippen LogP) is 1.82. The van der Waals surface area contributed by atoms with Crippen LogP contribution < -0.4 is 10.6 Å². The molecule has 0 bridgehead atoms. The molecule has 2 rings (SSSR count). The molecule has 2 aliphatic heterocycles. The summed E-state index contributed by atoms with van der Waals surface area (Å²) in [4.78, 5) is 15.8. The van der Waals surface area contributed by atoms with E-state index in [0.717, 1.165) is 12.8 Å². The molecule has 2 aliphatic rings. The highest BCUT2D eigenvalue weighted by atomic mass is 16.5. The third kappa shape index (κ3) is 3.51. The number of hydrogen-bond acceptors (Lipinski definition) is 4. The fourth-order valence-corrected chi connectivity index (χ4v) is 3.45. The van der Waals surface area contributed by atoms with Crippen LogP contribution in [0.3, 0.4) is 0 Å². The minimum atomic E-state index is -0.430. The zero-order valence-corrected chi connectivity index (χ0v) is 13.4. The van der Waals surface area contributed by atoms with Crippen molar-refractivity contribution in [3.8, 4) is 0 Å². The molecule has 0 aromatic rings. The van der Waals surface area contributed by atoms with Crippen LogP contribution in [-0.4, -0.2) is 35.2 Å². The molecule has 20 heavy (non-hydrogen) atoms. The number of rotatable bonds is 2. The molecule has 0 saturated carbocycles. The number of nitrogens with one attached hydrogen (secondary N) is 2. The van der Waals surface area contributed by atoms with Gasteiger partial charge in [-0.1, -0.05) is 13.8 Å². The van der Waals surface area contributed by atoms with Crippen LogP contribution in [0, 0.1) is 5.92 Å². The van der Waals surface area contributed by atoms with Gasteiger partial charge in [0.25, 0.3) is 11.9 Å². The molecule has 2 heterocycles. The van der Waals surface area contributed by atoms with Gasteiger partial charge in [0.1, 0.15) is 0 Å². The number of amidine groups is 1. The largest absolute Gasteiger partial charge is 0.451 e. The summed E-state index contributed by atoms with van der Waals surface area (Å²) in [6, 6.07) is 0.658. The summed E-state index contributed by atoms with van der Waals surface area (Å²) in [7, 11) is 0. The van der Waals surface area contributed by atoms with E-state index >= 15 is 0 Å². The fraction of sp³-hybridized carbons (Fsp3) is 0.867. The third-order valence-corrected chi connectivity index (χ3v) is 3.82. The van der Waals surface area contributed by atoms with Crippen LogP contribution >= 0.6 is 0 Å². The summed E-state index contributed by atoms with van der Waals surface area (Å²) in [5.74, 6) is -0.0265. The SMILES string of the molecule is CC(C)C1OC(NC2CC(C)(C)NC(C)(C)C2)=NC1=O. The number of amides is 1. The van der Waals surface area contributed by atoms with E-state index in [1.165, 1.54) is 0 Å². The van der Waals surface area contributed by atoms with Crippen LogP contribution in [0.2, 0.25) is 0 Å². The molecule has 5 heteroatoms. The molecule has 1 fully saturated rings. The van der Waals surface area contributed by atoms with Gasteiger partial charge < -0.3 is 15.4 Å². The van der Waals surface area contributed by atoms with Gasteiger partial charge in [0.2, 0.25) is 0 Å². The Hall–Kier alpha value is -1.10.